The SMILES string of the molecule is CC(=O)c1sc(=S)n(-c2ccccc2)c1/N=C/c1ccccc1. The molecule has 0 radical (unpaired) electrons. The first-order chi connectivity index (χ1) is 11.2. The minimum absolute atomic E-state index is 0.0315. The van der Waals surface area contributed by atoms with Crippen LogP contribution in [0.4, 0.5) is 5.82 Å². The van der Waals surface area contributed by atoms with Crippen LogP contribution in [0.15, 0.2) is 65.7 Å². The number of thiazole rings is 1. The largest absolute Gasteiger partial charge is 0.293 e. The second-order valence-corrected chi connectivity index (χ2v) is 6.56. The molecule has 0 aliphatic rings. The van der Waals surface area contributed by atoms with Crippen molar-refractivity contribution in [1.82, 2.24) is 4.57 Å². The fourth-order valence-electron chi connectivity index (χ4n) is 2.19. The van der Waals surface area contributed by atoms with Crippen LogP contribution >= 0.6 is 23.6 Å². The monoisotopic (exact) mass is 338 g/mol. The Morgan fingerprint density at radius 3 is 2.30 bits per heavy atom. The summed E-state index contributed by atoms with van der Waals surface area (Å²) < 4.78 is 2.46. The van der Waals surface area contributed by atoms with E-state index in [1.54, 1.807) is 6.21 Å². The molecule has 1 heterocycles. The van der Waals surface area contributed by atoms with Crippen molar-refractivity contribution in [1.29, 1.82) is 0 Å². The molecule has 0 bridgehead atoms. The van der Waals surface area contributed by atoms with Gasteiger partial charge in [-0.1, -0.05) is 59.9 Å². The number of nitrogens with zero attached hydrogens (tertiary/aromatic N) is 2. The van der Waals surface area contributed by atoms with Crippen molar-refractivity contribution in [2.24, 2.45) is 4.99 Å². The van der Waals surface area contributed by atoms with Crippen LogP contribution in [0.3, 0.4) is 0 Å². The van der Waals surface area contributed by atoms with Gasteiger partial charge in [-0.3, -0.25) is 9.36 Å². The van der Waals surface area contributed by atoms with E-state index in [-0.39, 0.29) is 5.78 Å². The van der Waals surface area contributed by atoms with E-state index in [0.717, 1.165) is 11.3 Å². The van der Waals surface area contributed by atoms with Gasteiger partial charge < -0.3 is 0 Å². The van der Waals surface area contributed by atoms with Gasteiger partial charge in [0.1, 0.15) is 4.88 Å². The summed E-state index contributed by atoms with van der Waals surface area (Å²) in [5.41, 5.74) is 1.88. The number of para-hydroxylation sites is 1. The van der Waals surface area contributed by atoms with Crippen LogP contribution in [-0.4, -0.2) is 16.6 Å². The summed E-state index contributed by atoms with van der Waals surface area (Å²) in [5, 5.41) is 0. The maximum absolute atomic E-state index is 12.0. The van der Waals surface area contributed by atoms with Gasteiger partial charge in [0, 0.05) is 18.8 Å². The zero-order valence-electron chi connectivity index (χ0n) is 12.5. The highest BCUT2D eigenvalue weighted by Gasteiger charge is 2.16. The number of aromatic nitrogens is 1. The Bertz CT molecular complexity index is 909. The molecule has 0 aliphatic heterocycles. The summed E-state index contributed by atoms with van der Waals surface area (Å²) >= 11 is 6.74. The van der Waals surface area contributed by atoms with Crippen LogP contribution in [0.1, 0.15) is 22.2 Å². The molecular weight excluding hydrogens is 324 g/mol. The molecular formula is C18H14N2OS2. The summed E-state index contributed by atoms with van der Waals surface area (Å²) in [6.45, 7) is 1.54. The third-order valence-corrected chi connectivity index (χ3v) is 4.72. The number of hydrogen-bond acceptors (Lipinski definition) is 4. The number of ketones is 1. The standard InChI is InChI=1S/C18H14N2OS2/c1-13(21)16-17(19-12-14-8-4-2-5-9-14)20(18(22)23-16)15-10-6-3-7-11-15/h2-12H,1H3/b19-12+. The number of rotatable bonds is 4. The number of carbonyl (C=O) groups excluding carboxylic acids is 1. The molecule has 0 aliphatic carbocycles. The molecule has 0 fully saturated rings. The first kappa shape index (κ1) is 15.5. The minimum atomic E-state index is -0.0315. The van der Waals surface area contributed by atoms with E-state index >= 15 is 0 Å². The first-order valence-electron chi connectivity index (χ1n) is 7.08. The fraction of sp³-hybridized carbons (Fsp3) is 0.0556. The van der Waals surface area contributed by atoms with Crippen molar-refractivity contribution in [3.8, 4) is 5.69 Å². The van der Waals surface area contributed by atoms with Crippen LogP contribution < -0.4 is 0 Å². The van der Waals surface area contributed by atoms with Crippen molar-refractivity contribution in [2.75, 3.05) is 0 Å². The van der Waals surface area contributed by atoms with Crippen LogP contribution in [0, 0.1) is 3.95 Å². The molecule has 0 N–H and O–H groups in total. The van der Waals surface area contributed by atoms with E-state index in [9.17, 15) is 4.79 Å². The van der Waals surface area contributed by atoms with Gasteiger partial charge in [-0.2, -0.15) is 0 Å². The molecule has 0 spiro atoms. The van der Waals surface area contributed by atoms with Gasteiger partial charge in [0.25, 0.3) is 0 Å². The second kappa shape index (κ2) is 6.81. The van der Waals surface area contributed by atoms with Crippen molar-refractivity contribution in [3.05, 3.63) is 75.1 Å². The molecule has 5 heteroatoms. The molecule has 2 aromatic carbocycles. The Kier molecular flexibility index (Phi) is 4.60. The summed E-state index contributed by atoms with van der Waals surface area (Å²) in [6, 6.07) is 19.5. The zero-order valence-corrected chi connectivity index (χ0v) is 14.1. The van der Waals surface area contributed by atoms with Crippen LogP contribution in [0.2, 0.25) is 0 Å². The van der Waals surface area contributed by atoms with E-state index in [2.05, 4.69) is 4.99 Å². The molecule has 114 valence electrons. The summed E-state index contributed by atoms with van der Waals surface area (Å²) in [5.74, 6) is 0.554. The Morgan fingerprint density at radius 2 is 1.70 bits per heavy atom. The minimum Gasteiger partial charge on any atom is -0.293 e. The summed E-state index contributed by atoms with van der Waals surface area (Å²) in [7, 11) is 0. The Balaban J connectivity index is 2.16. The van der Waals surface area contributed by atoms with E-state index in [4.69, 9.17) is 12.2 Å². The third-order valence-electron chi connectivity index (χ3n) is 3.26. The fourth-order valence-corrected chi connectivity index (χ4v) is 3.47. The highest BCUT2D eigenvalue weighted by molar-refractivity contribution is 7.73. The normalized spacial score (nSPS) is 11.0. The molecule has 0 atom stereocenters. The van der Waals surface area contributed by atoms with Crippen molar-refractivity contribution >= 4 is 41.4 Å². The van der Waals surface area contributed by atoms with Crippen molar-refractivity contribution in [3.63, 3.8) is 0 Å². The average molecular weight is 338 g/mol. The highest BCUT2D eigenvalue weighted by Crippen LogP contribution is 2.31. The predicted octanol–water partition coefficient (Wildman–Crippen LogP) is 5.22. The number of aliphatic imine (C=N–C) groups is 1. The van der Waals surface area contributed by atoms with Crippen LogP contribution in [0.5, 0.6) is 0 Å². The topological polar surface area (TPSA) is 34.4 Å². The molecule has 23 heavy (non-hydrogen) atoms. The number of benzene rings is 2. The van der Waals surface area contributed by atoms with E-state index < -0.39 is 0 Å². The quantitative estimate of drug-likeness (QED) is 0.371. The highest BCUT2D eigenvalue weighted by atomic mass is 32.1. The molecule has 0 unspecified atom stereocenters. The lowest BCUT2D eigenvalue weighted by Gasteiger charge is -2.06. The molecule has 3 nitrogen and oxygen atoms in total. The lowest BCUT2D eigenvalue weighted by atomic mass is 10.2. The number of Topliss-reactive ketones (excluding diaryl/α,β-unsaturated/α-hetero) is 1. The van der Waals surface area contributed by atoms with Gasteiger partial charge in [-0.15, -0.1) is 0 Å². The smallest absolute Gasteiger partial charge is 0.173 e. The molecule has 0 amide bonds. The molecule has 0 saturated carbocycles. The van der Waals surface area contributed by atoms with E-state index in [1.807, 2.05) is 65.2 Å². The number of carbonyl (C=O) groups is 1. The summed E-state index contributed by atoms with van der Waals surface area (Å²) in [6.07, 6.45) is 1.75. The second-order valence-electron chi connectivity index (χ2n) is 4.92. The first-order valence-corrected chi connectivity index (χ1v) is 8.30. The predicted molar refractivity (Wildman–Crippen MR) is 98.2 cm³/mol. The molecule has 0 saturated heterocycles. The third kappa shape index (κ3) is 3.36. The van der Waals surface area contributed by atoms with Crippen LogP contribution in [-0.2, 0) is 0 Å². The lowest BCUT2D eigenvalue weighted by Crippen LogP contribution is -1.96. The van der Waals surface area contributed by atoms with Gasteiger partial charge >= 0.3 is 0 Å². The van der Waals surface area contributed by atoms with Crippen molar-refractivity contribution < 1.29 is 4.79 Å². The number of hydrogen-bond donors (Lipinski definition) is 0. The van der Waals surface area contributed by atoms with Gasteiger partial charge in [0.15, 0.2) is 15.6 Å². The average Bonchev–Trinajstić information content (AvgIpc) is 2.91. The lowest BCUT2D eigenvalue weighted by molar-refractivity contribution is 0.102. The van der Waals surface area contributed by atoms with E-state index in [0.29, 0.717) is 14.6 Å². The Morgan fingerprint density at radius 1 is 1.09 bits per heavy atom. The zero-order chi connectivity index (χ0) is 16.2. The maximum Gasteiger partial charge on any atom is 0.173 e. The van der Waals surface area contributed by atoms with Gasteiger partial charge in [0.05, 0.1) is 0 Å². The molecule has 1 aromatic heterocycles. The van der Waals surface area contributed by atoms with Gasteiger partial charge in [-0.05, 0) is 29.9 Å². The van der Waals surface area contributed by atoms with Crippen molar-refractivity contribution in [2.45, 2.75) is 6.92 Å². The van der Waals surface area contributed by atoms with E-state index in [1.165, 1.54) is 18.3 Å². The van der Waals surface area contributed by atoms with Gasteiger partial charge in [0.2, 0.25) is 0 Å². The van der Waals surface area contributed by atoms with Gasteiger partial charge in [-0.25, -0.2) is 4.99 Å². The summed E-state index contributed by atoms with van der Waals surface area (Å²) in [4.78, 5) is 17.1. The Labute approximate surface area is 143 Å². The Hall–Kier alpha value is -2.37. The maximum atomic E-state index is 12.0. The molecule has 3 aromatic rings. The van der Waals surface area contributed by atoms with Crippen LogP contribution in [0.25, 0.3) is 5.69 Å². The molecule has 3 rings (SSSR count).